The van der Waals surface area contributed by atoms with E-state index in [2.05, 4.69) is 0 Å². The van der Waals surface area contributed by atoms with Gasteiger partial charge in [-0.1, -0.05) is 30.3 Å². The van der Waals surface area contributed by atoms with Gasteiger partial charge in [-0.05, 0) is 66.8 Å². The first kappa shape index (κ1) is 22.4. The number of para-hydroxylation sites is 1. The van der Waals surface area contributed by atoms with Crippen LogP contribution < -0.4 is 9.04 Å². The Hall–Kier alpha value is -3.39. The van der Waals surface area contributed by atoms with Gasteiger partial charge < -0.3 is 9.64 Å². The summed E-state index contributed by atoms with van der Waals surface area (Å²) >= 11 is 0. The molecule has 1 amide bonds. The van der Waals surface area contributed by atoms with E-state index < -0.39 is 10.0 Å². The number of benzene rings is 3. The fourth-order valence-electron chi connectivity index (χ4n) is 4.39. The number of hydrogen-bond acceptors (Lipinski definition) is 4. The minimum atomic E-state index is -3.86. The number of halogens is 1. The van der Waals surface area contributed by atoms with Gasteiger partial charge in [-0.25, -0.2) is 12.8 Å². The highest BCUT2D eigenvalue weighted by Crippen LogP contribution is 2.36. The van der Waals surface area contributed by atoms with Crippen molar-refractivity contribution in [3.63, 3.8) is 0 Å². The summed E-state index contributed by atoms with van der Waals surface area (Å²) in [6.45, 7) is 0.666. The van der Waals surface area contributed by atoms with Crippen LogP contribution in [0.15, 0.2) is 71.6 Å². The van der Waals surface area contributed by atoms with Gasteiger partial charge in [0.05, 0.1) is 23.3 Å². The Kier molecular flexibility index (Phi) is 5.77. The molecule has 0 atom stereocenters. The van der Waals surface area contributed by atoms with Crippen LogP contribution in [0.1, 0.15) is 34.3 Å². The molecule has 0 aromatic heterocycles. The maximum atomic E-state index is 13.6. The summed E-state index contributed by atoms with van der Waals surface area (Å²) in [5.41, 5.74) is 2.65. The number of carbonyl (C=O) groups is 1. The van der Waals surface area contributed by atoms with Gasteiger partial charge in [-0.15, -0.1) is 0 Å². The van der Waals surface area contributed by atoms with E-state index in [-0.39, 0.29) is 28.2 Å². The van der Waals surface area contributed by atoms with E-state index >= 15 is 0 Å². The SMILES string of the molecule is COc1ccc(S(=O)(=O)N2CCc3ccccc32)cc1C(=O)N(Cc1ccc(F)cc1)C1CC1. The number of carbonyl (C=O) groups excluding carboxylic acids is 1. The van der Waals surface area contributed by atoms with Crippen LogP contribution in [0, 0.1) is 5.82 Å². The molecule has 1 aliphatic heterocycles. The number of methoxy groups -OCH3 is 1. The fourth-order valence-corrected chi connectivity index (χ4v) is 5.92. The lowest BCUT2D eigenvalue weighted by molar-refractivity contribution is 0.0726. The number of hydrogen-bond donors (Lipinski definition) is 0. The molecule has 0 unspecified atom stereocenters. The molecular formula is C26H25FN2O4S. The predicted molar refractivity (Wildman–Crippen MR) is 127 cm³/mol. The summed E-state index contributed by atoms with van der Waals surface area (Å²) < 4.78 is 47.2. The highest BCUT2D eigenvalue weighted by Gasteiger charge is 2.36. The molecule has 1 aliphatic carbocycles. The van der Waals surface area contributed by atoms with Gasteiger partial charge in [0, 0.05) is 19.1 Å². The average Bonchev–Trinajstić information content (AvgIpc) is 3.60. The summed E-state index contributed by atoms with van der Waals surface area (Å²) in [7, 11) is -2.40. The minimum absolute atomic E-state index is 0.0471. The van der Waals surface area contributed by atoms with Gasteiger partial charge in [-0.2, -0.15) is 0 Å². The number of nitrogens with zero attached hydrogens (tertiary/aromatic N) is 2. The molecule has 2 aliphatic rings. The molecule has 1 fully saturated rings. The number of rotatable bonds is 7. The van der Waals surface area contributed by atoms with E-state index in [4.69, 9.17) is 4.74 Å². The van der Waals surface area contributed by atoms with Crippen LogP contribution in [0.25, 0.3) is 0 Å². The number of amides is 1. The van der Waals surface area contributed by atoms with Crippen molar-refractivity contribution in [1.29, 1.82) is 0 Å². The summed E-state index contributed by atoms with van der Waals surface area (Å²) in [4.78, 5) is 15.4. The fraction of sp³-hybridized carbons (Fsp3) is 0.269. The Labute approximate surface area is 198 Å². The van der Waals surface area contributed by atoms with Crippen molar-refractivity contribution < 1.29 is 22.3 Å². The third-order valence-electron chi connectivity index (χ3n) is 6.35. The lowest BCUT2D eigenvalue weighted by Gasteiger charge is -2.25. The minimum Gasteiger partial charge on any atom is -0.496 e. The smallest absolute Gasteiger partial charge is 0.264 e. The topological polar surface area (TPSA) is 66.9 Å². The Morgan fingerprint density at radius 2 is 1.82 bits per heavy atom. The first-order valence-corrected chi connectivity index (χ1v) is 12.7. The molecular weight excluding hydrogens is 455 g/mol. The molecule has 1 heterocycles. The number of fused-ring (bicyclic) bond motifs is 1. The van der Waals surface area contributed by atoms with E-state index in [0.29, 0.717) is 30.9 Å². The summed E-state index contributed by atoms with van der Waals surface area (Å²) in [6, 6.07) is 18.0. The monoisotopic (exact) mass is 480 g/mol. The van der Waals surface area contributed by atoms with E-state index in [1.165, 1.54) is 41.7 Å². The number of ether oxygens (including phenoxy) is 1. The summed E-state index contributed by atoms with van der Waals surface area (Å²) in [6.07, 6.45) is 2.39. The molecule has 0 bridgehead atoms. The Bertz CT molecular complexity index is 1340. The highest BCUT2D eigenvalue weighted by atomic mass is 32.2. The van der Waals surface area contributed by atoms with Crippen LogP contribution in [-0.4, -0.2) is 38.9 Å². The number of anilines is 1. The lowest BCUT2D eigenvalue weighted by Crippen LogP contribution is -2.33. The van der Waals surface area contributed by atoms with Gasteiger partial charge in [0.15, 0.2) is 0 Å². The van der Waals surface area contributed by atoms with E-state index in [1.807, 2.05) is 18.2 Å². The van der Waals surface area contributed by atoms with Crippen LogP contribution in [0.2, 0.25) is 0 Å². The van der Waals surface area contributed by atoms with Crippen molar-refractivity contribution in [3.8, 4) is 5.75 Å². The molecule has 0 N–H and O–H groups in total. The van der Waals surface area contributed by atoms with Crippen molar-refractivity contribution in [2.45, 2.75) is 36.7 Å². The Morgan fingerprint density at radius 3 is 2.53 bits per heavy atom. The summed E-state index contributed by atoms with van der Waals surface area (Å²) in [5, 5.41) is 0. The number of sulfonamides is 1. The standard InChI is InChI=1S/C26H25FN2O4S/c1-33-25-13-12-22(34(31,32)29-15-14-19-4-2-3-5-24(19)29)16-23(25)26(30)28(21-10-11-21)17-18-6-8-20(27)9-7-18/h2-9,12-13,16,21H,10-11,14-15,17H2,1H3. The van der Waals surface area contributed by atoms with Gasteiger partial charge >= 0.3 is 0 Å². The molecule has 5 rings (SSSR count). The first-order chi connectivity index (χ1) is 16.4. The second-order valence-electron chi connectivity index (χ2n) is 8.61. The van der Waals surface area contributed by atoms with E-state index in [1.54, 1.807) is 23.1 Å². The van der Waals surface area contributed by atoms with Gasteiger partial charge in [0.25, 0.3) is 15.9 Å². The molecule has 176 valence electrons. The quantitative estimate of drug-likeness (QED) is 0.503. The van der Waals surface area contributed by atoms with E-state index in [9.17, 15) is 17.6 Å². The molecule has 0 spiro atoms. The van der Waals surface area contributed by atoms with Crippen LogP contribution in [0.3, 0.4) is 0 Å². The molecule has 0 radical (unpaired) electrons. The molecule has 6 nitrogen and oxygen atoms in total. The van der Waals surface area contributed by atoms with Crippen molar-refractivity contribution in [3.05, 3.63) is 89.2 Å². The third kappa shape index (κ3) is 4.14. The zero-order valence-electron chi connectivity index (χ0n) is 18.8. The van der Waals surface area contributed by atoms with Crippen molar-refractivity contribution in [2.75, 3.05) is 18.0 Å². The van der Waals surface area contributed by atoms with Crippen LogP contribution in [0.4, 0.5) is 10.1 Å². The Morgan fingerprint density at radius 1 is 1.09 bits per heavy atom. The zero-order valence-corrected chi connectivity index (χ0v) is 19.6. The summed E-state index contributed by atoms with van der Waals surface area (Å²) in [5.74, 6) is -0.325. The van der Waals surface area contributed by atoms with Crippen molar-refractivity contribution >= 4 is 21.6 Å². The molecule has 1 saturated carbocycles. The highest BCUT2D eigenvalue weighted by molar-refractivity contribution is 7.92. The third-order valence-corrected chi connectivity index (χ3v) is 8.16. The van der Waals surface area contributed by atoms with Crippen LogP contribution in [-0.2, 0) is 23.0 Å². The van der Waals surface area contributed by atoms with Gasteiger partial charge in [-0.3, -0.25) is 9.10 Å². The van der Waals surface area contributed by atoms with Crippen LogP contribution in [0.5, 0.6) is 5.75 Å². The van der Waals surface area contributed by atoms with Gasteiger partial charge in [0.2, 0.25) is 0 Å². The maximum Gasteiger partial charge on any atom is 0.264 e. The zero-order chi connectivity index (χ0) is 23.9. The normalized spacial score (nSPS) is 15.2. The molecule has 3 aromatic rings. The van der Waals surface area contributed by atoms with Gasteiger partial charge in [0.1, 0.15) is 11.6 Å². The molecule has 34 heavy (non-hydrogen) atoms. The molecule has 8 heteroatoms. The average molecular weight is 481 g/mol. The van der Waals surface area contributed by atoms with Crippen molar-refractivity contribution in [2.24, 2.45) is 0 Å². The second-order valence-corrected chi connectivity index (χ2v) is 10.5. The van der Waals surface area contributed by atoms with E-state index in [0.717, 1.165) is 24.0 Å². The van der Waals surface area contributed by atoms with Crippen LogP contribution >= 0.6 is 0 Å². The predicted octanol–water partition coefficient (Wildman–Crippen LogP) is 4.39. The van der Waals surface area contributed by atoms with Crippen molar-refractivity contribution in [1.82, 2.24) is 4.90 Å². The largest absolute Gasteiger partial charge is 0.496 e. The maximum absolute atomic E-state index is 13.6. The Balaban J connectivity index is 1.49. The molecule has 3 aromatic carbocycles. The second kappa shape index (κ2) is 8.76. The lowest BCUT2D eigenvalue weighted by atomic mass is 10.1. The first-order valence-electron chi connectivity index (χ1n) is 11.2. The molecule has 0 saturated heterocycles.